The van der Waals surface area contributed by atoms with E-state index in [0.717, 1.165) is 22.3 Å². The summed E-state index contributed by atoms with van der Waals surface area (Å²) in [6.45, 7) is 6.13. The Morgan fingerprint density at radius 3 is 2.38 bits per heavy atom. The quantitative estimate of drug-likeness (QED) is 0.868. The van der Waals surface area contributed by atoms with Crippen molar-refractivity contribution < 1.29 is 17.4 Å². The standard InChI is InChI=1S/C18H19NO4S/c1-11-8-12(2)17(13(3)9-11)23-24(21,22)15-5-4-14-6-7-19-18(20)16(14)10-15/h4-5,8-10H,6-7H2,1-3H3,(H,19,20). The maximum absolute atomic E-state index is 12.6. The second-order valence-electron chi connectivity index (χ2n) is 6.09. The van der Waals surface area contributed by atoms with Crippen LogP contribution in [0.15, 0.2) is 35.2 Å². The van der Waals surface area contributed by atoms with Crippen LogP contribution in [0.2, 0.25) is 0 Å². The third kappa shape index (κ3) is 3.01. The van der Waals surface area contributed by atoms with Gasteiger partial charge < -0.3 is 9.50 Å². The van der Waals surface area contributed by atoms with Gasteiger partial charge in [-0.3, -0.25) is 4.79 Å². The molecule has 0 fully saturated rings. The van der Waals surface area contributed by atoms with Gasteiger partial charge in [-0.2, -0.15) is 8.42 Å². The van der Waals surface area contributed by atoms with Gasteiger partial charge in [0.25, 0.3) is 5.91 Å². The van der Waals surface area contributed by atoms with Crippen molar-refractivity contribution in [3.8, 4) is 5.75 Å². The molecule has 0 atom stereocenters. The lowest BCUT2D eigenvalue weighted by molar-refractivity contribution is 0.0945. The SMILES string of the molecule is Cc1cc(C)c(OS(=O)(=O)c2ccc3c(c2)C(=O)NCC3)c(C)c1. The van der Waals surface area contributed by atoms with Crippen LogP contribution >= 0.6 is 0 Å². The molecule has 5 nitrogen and oxygen atoms in total. The summed E-state index contributed by atoms with van der Waals surface area (Å²) in [6, 6.07) is 8.30. The van der Waals surface area contributed by atoms with Crippen LogP contribution in [0.1, 0.15) is 32.6 Å². The highest BCUT2D eigenvalue weighted by Gasteiger charge is 2.24. The van der Waals surface area contributed by atoms with Gasteiger partial charge in [0.15, 0.2) is 0 Å². The highest BCUT2D eigenvalue weighted by molar-refractivity contribution is 7.87. The van der Waals surface area contributed by atoms with Gasteiger partial charge in [-0.15, -0.1) is 0 Å². The lowest BCUT2D eigenvalue weighted by atomic mass is 10.0. The molecule has 0 unspecified atom stereocenters. The molecule has 0 aliphatic carbocycles. The summed E-state index contributed by atoms with van der Waals surface area (Å²) in [4.78, 5) is 11.9. The fourth-order valence-corrected chi connectivity index (χ4v) is 4.08. The average molecular weight is 345 g/mol. The summed E-state index contributed by atoms with van der Waals surface area (Å²) in [7, 11) is -4.01. The van der Waals surface area contributed by atoms with Crippen LogP contribution in [0.25, 0.3) is 0 Å². The minimum absolute atomic E-state index is 0.0160. The Hall–Kier alpha value is -2.34. The molecule has 0 aromatic heterocycles. The van der Waals surface area contributed by atoms with E-state index in [2.05, 4.69) is 5.32 Å². The molecule has 0 saturated carbocycles. The van der Waals surface area contributed by atoms with E-state index in [4.69, 9.17) is 4.18 Å². The molecular weight excluding hydrogens is 326 g/mol. The predicted octanol–water partition coefficient (Wildman–Crippen LogP) is 2.67. The lowest BCUT2D eigenvalue weighted by Gasteiger charge is -2.18. The Morgan fingerprint density at radius 2 is 1.71 bits per heavy atom. The molecule has 2 aromatic carbocycles. The topological polar surface area (TPSA) is 72.5 Å². The summed E-state index contributed by atoms with van der Waals surface area (Å²) in [6.07, 6.45) is 0.693. The molecule has 126 valence electrons. The first kappa shape index (κ1) is 16.5. The van der Waals surface area contributed by atoms with Crippen molar-refractivity contribution in [3.05, 3.63) is 58.1 Å². The molecule has 1 N–H and O–H groups in total. The third-order valence-electron chi connectivity index (χ3n) is 4.09. The maximum Gasteiger partial charge on any atom is 0.339 e. The molecule has 2 aromatic rings. The number of rotatable bonds is 3. The molecule has 0 bridgehead atoms. The molecule has 1 aliphatic rings. The van der Waals surface area contributed by atoms with Crippen molar-refractivity contribution in [2.45, 2.75) is 32.1 Å². The van der Waals surface area contributed by atoms with Gasteiger partial charge >= 0.3 is 10.1 Å². The molecular formula is C18H19NO4S. The monoisotopic (exact) mass is 345 g/mol. The molecule has 1 amide bonds. The zero-order chi connectivity index (χ0) is 17.5. The van der Waals surface area contributed by atoms with Gasteiger partial charge in [-0.05, 0) is 56.0 Å². The number of amides is 1. The van der Waals surface area contributed by atoms with E-state index in [0.29, 0.717) is 24.3 Å². The van der Waals surface area contributed by atoms with Gasteiger partial charge in [0, 0.05) is 12.1 Å². The number of hydrogen-bond acceptors (Lipinski definition) is 4. The number of hydrogen-bond donors (Lipinski definition) is 1. The second-order valence-corrected chi connectivity index (χ2v) is 7.64. The van der Waals surface area contributed by atoms with Gasteiger partial charge in [-0.1, -0.05) is 23.8 Å². The largest absolute Gasteiger partial charge is 0.378 e. The van der Waals surface area contributed by atoms with E-state index in [1.54, 1.807) is 6.07 Å². The molecule has 6 heteroatoms. The van der Waals surface area contributed by atoms with Crippen LogP contribution in [-0.2, 0) is 16.5 Å². The lowest BCUT2D eigenvalue weighted by Crippen LogP contribution is -2.32. The number of carbonyl (C=O) groups excluding carboxylic acids is 1. The van der Waals surface area contributed by atoms with E-state index in [9.17, 15) is 13.2 Å². The molecule has 1 aliphatic heterocycles. The summed E-state index contributed by atoms with van der Waals surface area (Å²) in [5, 5.41) is 2.72. The van der Waals surface area contributed by atoms with Gasteiger partial charge in [0.05, 0.1) is 0 Å². The Bertz CT molecular complexity index is 909. The highest BCUT2D eigenvalue weighted by Crippen LogP contribution is 2.29. The third-order valence-corrected chi connectivity index (χ3v) is 5.31. The summed E-state index contributed by atoms with van der Waals surface area (Å²) < 4.78 is 30.6. The Balaban J connectivity index is 2.00. The zero-order valence-corrected chi connectivity index (χ0v) is 14.7. The zero-order valence-electron chi connectivity index (χ0n) is 13.8. The van der Waals surface area contributed by atoms with E-state index in [1.165, 1.54) is 12.1 Å². The summed E-state index contributed by atoms with van der Waals surface area (Å²) in [5.74, 6) is 0.0822. The minimum Gasteiger partial charge on any atom is -0.378 e. The minimum atomic E-state index is -4.01. The van der Waals surface area contributed by atoms with Gasteiger partial charge in [0.1, 0.15) is 10.6 Å². The van der Waals surface area contributed by atoms with Crippen molar-refractivity contribution in [1.82, 2.24) is 5.32 Å². The average Bonchev–Trinajstić information content (AvgIpc) is 2.51. The van der Waals surface area contributed by atoms with Gasteiger partial charge in [-0.25, -0.2) is 0 Å². The van der Waals surface area contributed by atoms with Crippen LogP contribution in [-0.4, -0.2) is 20.9 Å². The maximum atomic E-state index is 12.6. The van der Waals surface area contributed by atoms with Crippen molar-refractivity contribution in [2.24, 2.45) is 0 Å². The number of benzene rings is 2. The van der Waals surface area contributed by atoms with Crippen LogP contribution in [0, 0.1) is 20.8 Å². The molecule has 1 heterocycles. The van der Waals surface area contributed by atoms with Crippen molar-refractivity contribution >= 4 is 16.0 Å². The normalized spacial score (nSPS) is 14.0. The molecule has 0 radical (unpaired) electrons. The van der Waals surface area contributed by atoms with E-state index >= 15 is 0 Å². The van der Waals surface area contributed by atoms with Gasteiger partial charge in [0.2, 0.25) is 0 Å². The number of nitrogens with one attached hydrogen (secondary N) is 1. The fraction of sp³-hybridized carbons (Fsp3) is 0.278. The number of carbonyl (C=O) groups is 1. The Kier molecular flexibility index (Phi) is 4.09. The van der Waals surface area contributed by atoms with E-state index in [-0.39, 0.29) is 10.8 Å². The molecule has 24 heavy (non-hydrogen) atoms. The number of aryl methyl sites for hydroxylation is 3. The second kappa shape index (κ2) is 5.94. The smallest absolute Gasteiger partial charge is 0.339 e. The predicted molar refractivity (Wildman–Crippen MR) is 90.9 cm³/mol. The van der Waals surface area contributed by atoms with Crippen LogP contribution < -0.4 is 9.50 Å². The first-order chi connectivity index (χ1) is 11.3. The molecule has 0 spiro atoms. The fourth-order valence-electron chi connectivity index (χ4n) is 3.00. The first-order valence-electron chi connectivity index (χ1n) is 7.71. The first-order valence-corrected chi connectivity index (χ1v) is 9.12. The van der Waals surface area contributed by atoms with E-state index in [1.807, 2.05) is 32.9 Å². The van der Waals surface area contributed by atoms with Crippen molar-refractivity contribution in [2.75, 3.05) is 6.54 Å². The van der Waals surface area contributed by atoms with Crippen molar-refractivity contribution in [1.29, 1.82) is 0 Å². The molecule has 0 saturated heterocycles. The summed E-state index contributed by atoms with van der Waals surface area (Å²) in [5.41, 5.74) is 3.79. The van der Waals surface area contributed by atoms with E-state index < -0.39 is 10.1 Å². The summed E-state index contributed by atoms with van der Waals surface area (Å²) >= 11 is 0. The Morgan fingerprint density at radius 1 is 1.04 bits per heavy atom. The molecule has 3 rings (SSSR count). The number of fused-ring (bicyclic) bond motifs is 1. The van der Waals surface area contributed by atoms with Crippen LogP contribution in [0.4, 0.5) is 0 Å². The van der Waals surface area contributed by atoms with Crippen LogP contribution in [0.5, 0.6) is 5.75 Å². The Labute approximate surface area is 141 Å². The highest BCUT2D eigenvalue weighted by atomic mass is 32.2. The van der Waals surface area contributed by atoms with Crippen molar-refractivity contribution in [3.63, 3.8) is 0 Å². The van der Waals surface area contributed by atoms with Crippen LogP contribution in [0.3, 0.4) is 0 Å².